The molecule has 3 rings (SSSR count). The molecular formula is C23H34IN5. The van der Waals surface area contributed by atoms with Crippen molar-refractivity contribution >= 4 is 29.9 Å². The molecule has 0 aliphatic carbocycles. The molecular weight excluding hydrogens is 473 g/mol. The maximum absolute atomic E-state index is 4.71. The van der Waals surface area contributed by atoms with Crippen LogP contribution in [0.4, 0.5) is 0 Å². The maximum Gasteiger partial charge on any atom is 0.191 e. The summed E-state index contributed by atoms with van der Waals surface area (Å²) in [5.74, 6) is 0.821. The normalized spacial score (nSPS) is 15.3. The highest BCUT2D eigenvalue weighted by Gasteiger charge is 2.09. The molecule has 2 heterocycles. The summed E-state index contributed by atoms with van der Waals surface area (Å²) in [4.78, 5) is 11.6. The summed E-state index contributed by atoms with van der Waals surface area (Å²) < 4.78 is 0. The molecule has 29 heavy (non-hydrogen) atoms. The number of nitrogens with zero attached hydrogens (tertiary/aromatic N) is 3. The van der Waals surface area contributed by atoms with Crippen molar-refractivity contribution in [3.8, 4) is 0 Å². The molecule has 1 aliphatic heterocycles. The van der Waals surface area contributed by atoms with Gasteiger partial charge in [-0.3, -0.25) is 9.88 Å². The monoisotopic (exact) mass is 507 g/mol. The van der Waals surface area contributed by atoms with Crippen molar-refractivity contribution in [2.75, 3.05) is 19.6 Å². The summed E-state index contributed by atoms with van der Waals surface area (Å²) in [5.41, 5.74) is 3.63. The highest BCUT2D eigenvalue weighted by molar-refractivity contribution is 14.0. The van der Waals surface area contributed by atoms with Crippen LogP contribution in [0.2, 0.25) is 0 Å². The second kappa shape index (κ2) is 13.5. The van der Waals surface area contributed by atoms with E-state index in [9.17, 15) is 0 Å². The molecule has 0 amide bonds. The van der Waals surface area contributed by atoms with E-state index in [1.165, 1.54) is 49.9 Å². The Morgan fingerprint density at radius 3 is 2.34 bits per heavy atom. The number of likely N-dealkylation sites (tertiary alicyclic amines) is 1. The van der Waals surface area contributed by atoms with Gasteiger partial charge in [0.25, 0.3) is 0 Å². The number of pyridine rings is 1. The van der Waals surface area contributed by atoms with Gasteiger partial charge in [-0.25, -0.2) is 4.99 Å². The molecule has 1 aromatic carbocycles. The van der Waals surface area contributed by atoms with Crippen molar-refractivity contribution in [1.82, 2.24) is 20.5 Å². The number of rotatable bonds is 7. The summed E-state index contributed by atoms with van der Waals surface area (Å²) in [7, 11) is 0. The number of hydrogen-bond acceptors (Lipinski definition) is 3. The van der Waals surface area contributed by atoms with E-state index < -0.39 is 0 Å². The summed E-state index contributed by atoms with van der Waals surface area (Å²) in [6.07, 6.45) is 7.26. The summed E-state index contributed by atoms with van der Waals surface area (Å²) in [6, 6.07) is 14.9. The molecule has 1 saturated heterocycles. The van der Waals surface area contributed by atoms with Gasteiger partial charge < -0.3 is 10.6 Å². The molecule has 0 saturated carbocycles. The number of nitrogens with one attached hydrogen (secondary N) is 2. The summed E-state index contributed by atoms with van der Waals surface area (Å²) in [5, 5.41) is 6.65. The number of halogens is 1. The Hall–Kier alpha value is -1.67. The maximum atomic E-state index is 4.71. The lowest BCUT2D eigenvalue weighted by Gasteiger charge is -2.19. The molecule has 1 aromatic heterocycles. The molecule has 0 radical (unpaired) electrons. The minimum Gasteiger partial charge on any atom is -0.357 e. The predicted octanol–water partition coefficient (Wildman–Crippen LogP) is 4.33. The van der Waals surface area contributed by atoms with E-state index in [2.05, 4.69) is 51.7 Å². The van der Waals surface area contributed by atoms with E-state index >= 15 is 0 Å². The molecule has 0 bridgehead atoms. The average Bonchev–Trinajstić information content (AvgIpc) is 3.00. The smallest absolute Gasteiger partial charge is 0.191 e. The second-order valence-corrected chi connectivity index (χ2v) is 7.38. The Bertz CT molecular complexity index is 710. The van der Waals surface area contributed by atoms with Crippen LogP contribution in [0.5, 0.6) is 0 Å². The molecule has 5 nitrogen and oxygen atoms in total. The summed E-state index contributed by atoms with van der Waals surface area (Å²) >= 11 is 0. The Morgan fingerprint density at radius 2 is 1.69 bits per heavy atom. The van der Waals surface area contributed by atoms with Gasteiger partial charge in [0.05, 0.1) is 18.8 Å². The van der Waals surface area contributed by atoms with Gasteiger partial charge in [0.15, 0.2) is 5.96 Å². The molecule has 2 aromatic rings. The van der Waals surface area contributed by atoms with Crippen molar-refractivity contribution in [2.24, 2.45) is 4.99 Å². The zero-order chi connectivity index (χ0) is 19.4. The van der Waals surface area contributed by atoms with Gasteiger partial charge >= 0.3 is 0 Å². The minimum atomic E-state index is 0. The highest BCUT2D eigenvalue weighted by atomic mass is 127. The molecule has 0 atom stereocenters. The molecule has 1 aliphatic rings. The van der Waals surface area contributed by atoms with Crippen molar-refractivity contribution < 1.29 is 0 Å². The van der Waals surface area contributed by atoms with Gasteiger partial charge in [0, 0.05) is 19.3 Å². The number of aromatic nitrogens is 1. The lowest BCUT2D eigenvalue weighted by atomic mass is 10.1. The number of hydrogen-bond donors (Lipinski definition) is 2. The Labute approximate surface area is 192 Å². The van der Waals surface area contributed by atoms with Crippen LogP contribution in [0, 0.1) is 0 Å². The standard InChI is InChI=1S/C23H33N5.HI/c1-2-24-23(27-18-22-9-5-6-14-25-22)26-17-20-10-12-21(13-11-20)19-28-15-7-3-4-8-16-28;/h5-6,9-14H,2-4,7-8,15-19H2,1H3,(H2,24,26,27);1H. The third kappa shape index (κ3) is 8.70. The molecule has 6 heteroatoms. The number of aliphatic imine (C=N–C) groups is 1. The first-order valence-corrected chi connectivity index (χ1v) is 10.6. The lowest BCUT2D eigenvalue weighted by molar-refractivity contribution is 0.277. The number of benzene rings is 1. The lowest BCUT2D eigenvalue weighted by Crippen LogP contribution is -2.37. The third-order valence-electron chi connectivity index (χ3n) is 5.05. The molecule has 0 spiro atoms. The van der Waals surface area contributed by atoms with Crippen LogP contribution < -0.4 is 10.6 Å². The van der Waals surface area contributed by atoms with E-state index in [0.717, 1.165) is 24.7 Å². The van der Waals surface area contributed by atoms with E-state index in [4.69, 9.17) is 4.99 Å². The van der Waals surface area contributed by atoms with E-state index in [1.807, 2.05) is 24.4 Å². The SMILES string of the molecule is CCNC(=NCc1ccc(CN2CCCCCC2)cc1)NCc1ccccn1.I. The van der Waals surface area contributed by atoms with Gasteiger partial charge in [-0.05, 0) is 56.1 Å². The first kappa shape index (κ1) is 23.6. The molecule has 158 valence electrons. The van der Waals surface area contributed by atoms with Crippen LogP contribution >= 0.6 is 24.0 Å². The zero-order valence-corrected chi connectivity index (χ0v) is 19.8. The van der Waals surface area contributed by atoms with Crippen molar-refractivity contribution in [1.29, 1.82) is 0 Å². The fraction of sp³-hybridized carbons (Fsp3) is 0.478. The second-order valence-electron chi connectivity index (χ2n) is 7.38. The van der Waals surface area contributed by atoms with Gasteiger partial charge in [-0.15, -0.1) is 24.0 Å². The van der Waals surface area contributed by atoms with Crippen LogP contribution in [0.3, 0.4) is 0 Å². The van der Waals surface area contributed by atoms with Gasteiger partial charge in [-0.2, -0.15) is 0 Å². The van der Waals surface area contributed by atoms with Crippen LogP contribution in [0.15, 0.2) is 53.7 Å². The molecule has 1 fully saturated rings. The van der Waals surface area contributed by atoms with Crippen LogP contribution in [-0.2, 0) is 19.6 Å². The topological polar surface area (TPSA) is 52.6 Å². The van der Waals surface area contributed by atoms with Gasteiger partial charge in [0.1, 0.15) is 0 Å². The third-order valence-corrected chi connectivity index (χ3v) is 5.05. The van der Waals surface area contributed by atoms with Gasteiger partial charge in [0.2, 0.25) is 0 Å². The van der Waals surface area contributed by atoms with Crippen LogP contribution in [0.25, 0.3) is 0 Å². The Morgan fingerprint density at radius 1 is 0.966 bits per heavy atom. The summed E-state index contributed by atoms with van der Waals surface area (Å²) in [6.45, 7) is 7.79. The van der Waals surface area contributed by atoms with Crippen LogP contribution in [-0.4, -0.2) is 35.5 Å². The minimum absolute atomic E-state index is 0. The zero-order valence-electron chi connectivity index (χ0n) is 17.4. The number of guanidine groups is 1. The van der Waals surface area contributed by atoms with E-state index in [-0.39, 0.29) is 24.0 Å². The largest absolute Gasteiger partial charge is 0.357 e. The first-order valence-electron chi connectivity index (χ1n) is 10.6. The quantitative estimate of drug-likeness (QED) is 0.333. The highest BCUT2D eigenvalue weighted by Crippen LogP contribution is 2.14. The predicted molar refractivity (Wildman–Crippen MR) is 131 cm³/mol. The fourth-order valence-corrected chi connectivity index (χ4v) is 3.49. The Balaban J connectivity index is 0.00000300. The van der Waals surface area contributed by atoms with E-state index in [0.29, 0.717) is 13.1 Å². The van der Waals surface area contributed by atoms with Crippen molar-refractivity contribution in [3.63, 3.8) is 0 Å². The fourth-order valence-electron chi connectivity index (χ4n) is 3.49. The van der Waals surface area contributed by atoms with Crippen LogP contribution in [0.1, 0.15) is 49.4 Å². The van der Waals surface area contributed by atoms with Crippen molar-refractivity contribution in [2.45, 2.75) is 52.2 Å². The molecule has 0 unspecified atom stereocenters. The van der Waals surface area contributed by atoms with Crippen molar-refractivity contribution in [3.05, 3.63) is 65.5 Å². The first-order chi connectivity index (χ1) is 13.8. The Kier molecular flexibility index (Phi) is 11.0. The molecule has 2 N–H and O–H groups in total. The average molecular weight is 507 g/mol. The van der Waals surface area contributed by atoms with E-state index in [1.54, 1.807) is 0 Å². The van der Waals surface area contributed by atoms with Gasteiger partial charge in [-0.1, -0.05) is 43.2 Å².